The second-order valence-corrected chi connectivity index (χ2v) is 5.27. The molecule has 0 bridgehead atoms. The van der Waals surface area contributed by atoms with Gasteiger partial charge in [-0.3, -0.25) is 4.79 Å². The van der Waals surface area contributed by atoms with E-state index in [2.05, 4.69) is 13.8 Å². The molecule has 4 heteroatoms. The van der Waals surface area contributed by atoms with Crippen LogP contribution in [-0.4, -0.2) is 22.2 Å². The first-order chi connectivity index (χ1) is 10.4. The Labute approximate surface area is 132 Å². The molecule has 0 aliphatic heterocycles. The van der Waals surface area contributed by atoms with Crippen molar-refractivity contribution < 1.29 is 19.8 Å². The van der Waals surface area contributed by atoms with Crippen molar-refractivity contribution in [3.63, 3.8) is 0 Å². The van der Waals surface area contributed by atoms with Crippen LogP contribution < -0.4 is 0 Å². The number of hydrogen-bond donors (Lipinski definition) is 2. The van der Waals surface area contributed by atoms with Gasteiger partial charge in [0, 0.05) is 6.08 Å². The number of hydrogen-bond acceptors (Lipinski definition) is 2. The van der Waals surface area contributed by atoms with Gasteiger partial charge in [-0.2, -0.15) is 0 Å². The van der Waals surface area contributed by atoms with Gasteiger partial charge in [-0.15, -0.1) is 0 Å². The molecule has 2 unspecified atom stereocenters. The summed E-state index contributed by atoms with van der Waals surface area (Å²) in [6, 6.07) is 9.31. The third kappa shape index (κ3) is 9.75. The van der Waals surface area contributed by atoms with Gasteiger partial charge in [0.25, 0.3) is 0 Å². The van der Waals surface area contributed by atoms with Crippen LogP contribution in [0.25, 0.3) is 6.08 Å². The molecule has 22 heavy (non-hydrogen) atoms. The first-order valence-electron chi connectivity index (χ1n) is 7.59. The Morgan fingerprint density at radius 3 is 2.09 bits per heavy atom. The van der Waals surface area contributed by atoms with Gasteiger partial charge < -0.3 is 10.2 Å². The highest BCUT2D eigenvalue weighted by molar-refractivity contribution is 5.85. The zero-order valence-electron chi connectivity index (χ0n) is 13.5. The maximum atomic E-state index is 10.6. The maximum absolute atomic E-state index is 10.6. The average Bonchev–Trinajstić information content (AvgIpc) is 2.51. The Bertz CT molecular complexity index is 465. The minimum Gasteiger partial charge on any atom is -0.481 e. The number of carboxylic acids is 2. The standard InChI is InChI=1S/C9H8O2.C9H18O2/c10-9(11)7-6-8-4-2-1-3-5-8;1-4-7(3)6-8(5-2)9(10)11/h1-7H,(H,10,11);7-8H,4-6H2,1-3H3,(H,10,11). The molecule has 1 aromatic carbocycles. The summed E-state index contributed by atoms with van der Waals surface area (Å²) in [5, 5.41) is 17.0. The lowest BCUT2D eigenvalue weighted by Gasteiger charge is -2.13. The summed E-state index contributed by atoms with van der Waals surface area (Å²) in [4.78, 5) is 20.7. The third-order valence-corrected chi connectivity index (χ3v) is 3.44. The lowest BCUT2D eigenvalue weighted by atomic mass is 9.92. The van der Waals surface area contributed by atoms with E-state index in [1.165, 1.54) is 0 Å². The number of aliphatic carboxylic acids is 2. The molecule has 0 saturated carbocycles. The predicted molar refractivity (Wildman–Crippen MR) is 88.6 cm³/mol. The summed E-state index contributed by atoms with van der Waals surface area (Å²) >= 11 is 0. The van der Waals surface area contributed by atoms with Crippen LogP contribution in [0, 0.1) is 11.8 Å². The fourth-order valence-corrected chi connectivity index (χ4v) is 1.83. The Hall–Kier alpha value is -2.10. The first kappa shape index (κ1) is 19.9. The fourth-order valence-electron chi connectivity index (χ4n) is 1.83. The molecule has 2 N–H and O–H groups in total. The number of rotatable bonds is 7. The lowest BCUT2D eigenvalue weighted by Crippen LogP contribution is -2.15. The normalized spacial score (nSPS) is 13.0. The molecule has 1 rings (SSSR count). The van der Waals surface area contributed by atoms with Crippen molar-refractivity contribution >= 4 is 18.0 Å². The molecule has 0 amide bonds. The molecular formula is C18H26O4. The van der Waals surface area contributed by atoms with Gasteiger partial charge >= 0.3 is 11.9 Å². The minimum absolute atomic E-state index is 0.134. The SMILES string of the molecule is CCC(C)CC(CC)C(=O)O.O=C(O)C=Cc1ccccc1. The van der Waals surface area contributed by atoms with Crippen molar-refractivity contribution in [2.75, 3.05) is 0 Å². The van der Waals surface area contributed by atoms with E-state index in [0.29, 0.717) is 5.92 Å². The van der Waals surface area contributed by atoms with E-state index in [4.69, 9.17) is 10.2 Å². The molecule has 0 aliphatic carbocycles. The molecule has 0 radical (unpaired) electrons. The van der Waals surface area contributed by atoms with Crippen molar-refractivity contribution in [1.29, 1.82) is 0 Å². The highest BCUT2D eigenvalue weighted by Gasteiger charge is 2.16. The van der Waals surface area contributed by atoms with E-state index in [1.807, 2.05) is 37.3 Å². The van der Waals surface area contributed by atoms with E-state index < -0.39 is 11.9 Å². The van der Waals surface area contributed by atoms with Gasteiger partial charge in [0.2, 0.25) is 0 Å². The van der Waals surface area contributed by atoms with Crippen molar-refractivity contribution in [1.82, 2.24) is 0 Å². The summed E-state index contributed by atoms with van der Waals surface area (Å²) < 4.78 is 0. The highest BCUT2D eigenvalue weighted by Crippen LogP contribution is 2.17. The third-order valence-electron chi connectivity index (χ3n) is 3.44. The maximum Gasteiger partial charge on any atom is 0.328 e. The second-order valence-electron chi connectivity index (χ2n) is 5.27. The zero-order chi connectivity index (χ0) is 17.0. The van der Waals surface area contributed by atoms with E-state index in [1.54, 1.807) is 6.08 Å². The molecule has 0 saturated heterocycles. The van der Waals surface area contributed by atoms with Crippen LogP contribution in [-0.2, 0) is 9.59 Å². The molecular weight excluding hydrogens is 280 g/mol. The van der Waals surface area contributed by atoms with Crippen molar-refractivity contribution in [2.45, 2.75) is 40.0 Å². The van der Waals surface area contributed by atoms with Crippen LogP contribution in [0.4, 0.5) is 0 Å². The average molecular weight is 306 g/mol. The van der Waals surface area contributed by atoms with Crippen molar-refractivity contribution in [3.8, 4) is 0 Å². The molecule has 0 spiro atoms. The molecule has 1 aromatic rings. The number of carboxylic acid groups (broad SMARTS) is 2. The summed E-state index contributed by atoms with van der Waals surface area (Å²) in [5.41, 5.74) is 0.898. The molecule has 0 aromatic heterocycles. The predicted octanol–water partition coefficient (Wildman–Crippen LogP) is 4.32. The lowest BCUT2D eigenvalue weighted by molar-refractivity contribution is -0.142. The van der Waals surface area contributed by atoms with Crippen LogP contribution in [0.1, 0.15) is 45.6 Å². The van der Waals surface area contributed by atoms with E-state index >= 15 is 0 Å². The highest BCUT2D eigenvalue weighted by atomic mass is 16.4. The zero-order valence-corrected chi connectivity index (χ0v) is 13.5. The van der Waals surface area contributed by atoms with E-state index in [0.717, 1.165) is 30.9 Å². The van der Waals surface area contributed by atoms with Crippen LogP contribution in [0.5, 0.6) is 0 Å². The number of carbonyl (C=O) groups is 2. The molecule has 0 fully saturated rings. The van der Waals surface area contributed by atoms with Crippen LogP contribution >= 0.6 is 0 Å². The van der Waals surface area contributed by atoms with Gasteiger partial charge in [0.1, 0.15) is 0 Å². The van der Waals surface area contributed by atoms with Gasteiger partial charge in [-0.1, -0.05) is 57.5 Å². The smallest absolute Gasteiger partial charge is 0.328 e. The summed E-state index contributed by atoms with van der Waals surface area (Å²) in [6.45, 7) is 6.13. The molecule has 2 atom stereocenters. The summed E-state index contributed by atoms with van der Waals surface area (Å²) in [5.74, 6) is -1.16. The van der Waals surface area contributed by atoms with E-state index in [-0.39, 0.29) is 5.92 Å². The minimum atomic E-state index is -0.922. The van der Waals surface area contributed by atoms with Crippen LogP contribution in [0.3, 0.4) is 0 Å². The monoisotopic (exact) mass is 306 g/mol. The summed E-state index contributed by atoms with van der Waals surface area (Å²) in [6.07, 6.45) is 5.32. The van der Waals surface area contributed by atoms with Crippen LogP contribution in [0.15, 0.2) is 36.4 Å². The number of benzene rings is 1. The topological polar surface area (TPSA) is 74.6 Å². The molecule has 4 nitrogen and oxygen atoms in total. The fraction of sp³-hybridized carbons (Fsp3) is 0.444. The van der Waals surface area contributed by atoms with Gasteiger partial charge in [0.15, 0.2) is 0 Å². The first-order valence-corrected chi connectivity index (χ1v) is 7.59. The quantitative estimate of drug-likeness (QED) is 0.736. The van der Waals surface area contributed by atoms with Crippen molar-refractivity contribution in [2.24, 2.45) is 11.8 Å². The largest absolute Gasteiger partial charge is 0.481 e. The summed E-state index contributed by atoms with van der Waals surface area (Å²) in [7, 11) is 0. The van der Waals surface area contributed by atoms with Gasteiger partial charge in [0.05, 0.1) is 5.92 Å². The Morgan fingerprint density at radius 2 is 1.68 bits per heavy atom. The van der Waals surface area contributed by atoms with Crippen LogP contribution in [0.2, 0.25) is 0 Å². The Morgan fingerprint density at radius 1 is 1.09 bits per heavy atom. The van der Waals surface area contributed by atoms with E-state index in [9.17, 15) is 9.59 Å². The molecule has 0 aliphatic rings. The van der Waals surface area contributed by atoms with Gasteiger partial charge in [-0.25, -0.2) is 4.79 Å². The molecule has 122 valence electrons. The Kier molecular flexibility index (Phi) is 10.4. The van der Waals surface area contributed by atoms with Gasteiger partial charge in [-0.05, 0) is 30.4 Å². The van der Waals surface area contributed by atoms with Crippen molar-refractivity contribution in [3.05, 3.63) is 42.0 Å². The molecule has 0 heterocycles. The second kappa shape index (κ2) is 11.5. The Balaban J connectivity index is 0.000000401.